The molecule has 0 aliphatic heterocycles. The Morgan fingerprint density at radius 2 is 2.21 bits per heavy atom. The van der Waals surface area contributed by atoms with Gasteiger partial charge in [0.2, 0.25) is 11.9 Å². The summed E-state index contributed by atoms with van der Waals surface area (Å²) in [4.78, 5) is 21.8. The van der Waals surface area contributed by atoms with Crippen molar-refractivity contribution in [3.8, 4) is 0 Å². The Hall–Kier alpha value is -1.89. The fraction of sp³-hybridized carbons (Fsp3) is 0.417. The van der Waals surface area contributed by atoms with Gasteiger partial charge in [-0.3, -0.25) is 4.79 Å². The number of thiophene rings is 1. The van der Waals surface area contributed by atoms with Crippen LogP contribution in [0.25, 0.3) is 10.2 Å². The number of aryl methyl sites for hydroxylation is 1. The van der Waals surface area contributed by atoms with Crippen molar-refractivity contribution in [3.63, 3.8) is 0 Å². The largest absolute Gasteiger partial charge is 0.368 e. The number of rotatable bonds is 6. The molecule has 6 nitrogen and oxygen atoms in total. The molecule has 1 amide bonds. The van der Waals surface area contributed by atoms with E-state index in [1.807, 2.05) is 13.0 Å². The highest BCUT2D eigenvalue weighted by Gasteiger charge is 2.10. The minimum atomic E-state index is -0.415. The number of hydrogen-bond acceptors (Lipinski definition) is 6. The number of nitrogens with one attached hydrogen (secondary N) is 2. The van der Waals surface area contributed by atoms with E-state index in [-0.39, 0.29) is 6.54 Å². The molecule has 0 aliphatic carbocycles. The molecule has 0 aliphatic rings. The zero-order chi connectivity index (χ0) is 13.8. The second kappa shape index (κ2) is 5.83. The molecule has 7 heteroatoms. The first-order valence-electron chi connectivity index (χ1n) is 6.14. The van der Waals surface area contributed by atoms with E-state index in [9.17, 15) is 4.79 Å². The van der Waals surface area contributed by atoms with Gasteiger partial charge in [0.05, 0.1) is 11.9 Å². The van der Waals surface area contributed by atoms with Crippen molar-refractivity contribution < 1.29 is 4.79 Å². The molecule has 0 spiro atoms. The maximum Gasteiger partial charge on any atom is 0.236 e. The van der Waals surface area contributed by atoms with Gasteiger partial charge in [-0.2, -0.15) is 4.98 Å². The number of aromatic nitrogens is 2. The Labute approximate surface area is 115 Å². The van der Waals surface area contributed by atoms with Crippen molar-refractivity contribution in [3.05, 3.63) is 10.9 Å². The molecule has 2 aromatic rings. The van der Waals surface area contributed by atoms with Crippen molar-refractivity contribution in [2.75, 3.05) is 23.7 Å². The molecule has 0 fully saturated rings. The van der Waals surface area contributed by atoms with E-state index in [2.05, 4.69) is 27.5 Å². The number of anilines is 2. The lowest BCUT2D eigenvalue weighted by Gasteiger charge is -2.08. The van der Waals surface area contributed by atoms with Crippen LogP contribution in [-0.4, -0.2) is 29.0 Å². The van der Waals surface area contributed by atoms with E-state index in [0.29, 0.717) is 11.8 Å². The average molecular weight is 279 g/mol. The Kier molecular flexibility index (Phi) is 4.16. The minimum absolute atomic E-state index is 0.0637. The predicted molar refractivity (Wildman–Crippen MR) is 78.6 cm³/mol. The Morgan fingerprint density at radius 3 is 2.89 bits per heavy atom. The summed E-state index contributed by atoms with van der Waals surface area (Å²) in [6.45, 7) is 4.97. The highest BCUT2D eigenvalue weighted by atomic mass is 32.1. The maximum atomic E-state index is 10.9. The molecule has 0 saturated carbocycles. The van der Waals surface area contributed by atoms with Crippen molar-refractivity contribution in [2.45, 2.75) is 20.3 Å². The molecule has 0 atom stereocenters. The predicted octanol–water partition coefficient (Wildman–Crippen LogP) is 1.72. The molecule has 2 aromatic heterocycles. The highest BCUT2D eigenvalue weighted by Crippen LogP contribution is 2.29. The van der Waals surface area contributed by atoms with E-state index in [0.717, 1.165) is 28.1 Å². The van der Waals surface area contributed by atoms with Gasteiger partial charge < -0.3 is 16.4 Å². The van der Waals surface area contributed by atoms with Crippen LogP contribution in [0.3, 0.4) is 0 Å². The van der Waals surface area contributed by atoms with Gasteiger partial charge >= 0.3 is 0 Å². The summed E-state index contributed by atoms with van der Waals surface area (Å²) in [6.07, 6.45) is 0.995. The monoisotopic (exact) mass is 279 g/mol. The Morgan fingerprint density at radius 1 is 1.42 bits per heavy atom. The molecule has 4 N–H and O–H groups in total. The Balaban J connectivity index is 2.36. The molecule has 19 heavy (non-hydrogen) atoms. The number of carbonyl (C=O) groups excluding carboxylic acids is 1. The third-order valence-electron chi connectivity index (χ3n) is 2.48. The zero-order valence-electron chi connectivity index (χ0n) is 11.0. The number of primary amides is 1. The highest BCUT2D eigenvalue weighted by molar-refractivity contribution is 7.18. The van der Waals surface area contributed by atoms with Crippen LogP contribution >= 0.6 is 11.3 Å². The summed E-state index contributed by atoms with van der Waals surface area (Å²) in [5, 5.41) is 7.03. The van der Waals surface area contributed by atoms with E-state index in [4.69, 9.17) is 5.73 Å². The fourth-order valence-corrected chi connectivity index (χ4v) is 2.54. The van der Waals surface area contributed by atoms with E-state index < -0.39 is 5.91 Å². The quantitative estimate of drug-likeness (QED) is 0.748. The molecule has 0 aromatic carbocycles. The normalized spacial score (nSPS) is 10.6. The van der Waals surface area contributed by atoms with E-state index >= 15 is 0 Å². The van der Waals surface area contributed by atoms with Crippen molar-refractivity contribution >= 4 is 39.2 Å². The first-order chi connectivity index (χ1) is 9.10. The molecule has 2 rings (SSSR count). The SMILES string of the molecule is CCCNc1nc(NCC(N)=O)c2cc(C)sc2n1. The molecule has 0 bridgehead atoms. The number of nitrogens with zero attached hydrogens (tertiary/aromatic N) is 2. The van der Waals surface area contributed by atoms with Gasteiger partial charge in [0.25, 0.3) is 0 Å². The number of nitrogens with two attached hydrogens (primary N) is 1. The van der Waals surface area contributed by atoms with E-state index in [1.54, 1.807) is 11.3 Å². The lowest BCUT2D eigenvalue weighted by atomic mass is 10.3. The topological polar surface area (TPSA) is 92.9 Å². The van der Waals surface area contributed by atoms with Gasteiger partial charge in [0.15, 0.2) is 0 Å². The fourth-order valence-electron chi connectivity index (χ4n) is 1.66. The van der Waals surface area contributed by atoms with E-state index in [1.165, 1.54) is 0 Å². The van der Waals surface area contributed by atoms with Crippen molar-refractivity contribution in [1.29, 1.82) is 0 Å². The third kappa shape index (κ3) is 3.31. The molecule has 102 valence electrons. The number of hydrogen-bond donors (Lipinski definition) is 3. The first-order valence-corrected chi connectivity index (χ1v) is 6.96. The second-order valence-corrected chi connectivity index (χ2v) is 5.45. The van der Waals surface area contributed by atoms with Crippen LogP contribution in [0.15, 0.2) is 6.07 Å². The third-order valence-corrected chi connectivity index (χ3v) is 3.42. The van der Waals surface area contributed by atoms with Crippen LogP contribution in [0.5, 0.6) is 0 Å². The van der Waals surface area contributed by atoms with Gasteiger partial charge in [-0.1, -0.05) is 6.92 Å². The van der Waals surface area contributed by atoms with Gasteiger partial charge in [0.1, 0.15) is 10.6 Å². The van der Waals surface area contributed by atoms with Gasteiger partial charge in [-0.15, -0.1) is 11.3 Å². The van der Waals surface area contributed by atoms with Crippen LogP contribution < -0.4 is 16.4 Å². The summed E-state index contributed by atoms with van der Waals surface area (Å²) in [7, 11) is 0. The number of amides is 1. The van der Waals surface area contributed by atoms with Gasteiger partial charge in [-0.25, -0.2) is 4.98 Å². The summed E-state index contributed by atoms with van der Waals surface area (Å²) in [5.41, 5.74) is 5.15. The number of carbonyl (C=O) groups is 1. The minimum Gasteiger partial charge on any atom is -0.368 e. The lowest BCUT2D eigenvalue weighted by Crippen LogP contribution is -2.22. The molecular formula is C12H17N5OS. The lowest BCUT2D eigenvalue weighted by molar-refractivity contribution is -0.116. The summed E-state index contributed by atoms with van der Waals surface area (Å²) in [5.74, 6) is 0.803. The molecular weight excluding hydrogens is 262 g/mol. The average Bonchev–Trinajstić information content (AvgIpc) is 2.73. The van der Waals surface area contributed by atoms with Gasteiger partial charge in [0, 0.05) is 11.4 Å². The van der Waals surface area contributed by atoms with Crippen LogP contribution in [0, 0.1) is 6.92 Å². The van der Waals surface area contributed by atoms with Crippen molar-refractivity contribution in [2.24, 2.45) is 5.73 Å². The maximum absolute atomic E-state index is 10.9. The Bertz CT molecular complexity index is 595. The van der Waals surface area contributed by atoms with Crippen LogP contribution in [0.2, 0.25) is 0 Å². The molecule has 0 saturated heterocycles. The van der Waals surface area contributed by atoms with Crippen LogP contribution in [-0.2, 0) is 4.79 Å². The van der Waals surface area contributed by atoms with Crippen molar-refractivity contribution in [1.82, 2.24) is 9.97 Å². The first kappa shape index (κ1) is 13.5. The zero-order valence-corrected chi connectivity index (χ0v) is 11.8. The second-order valence-electron chi connectivity index (χ2n) is 4.22. The summed E-state index contributed by atoms with van der Waals surface area (Å²) >= 11 is 1.60. The summed E-state index contributed by atoms with van der Waals surface area (Å²) < 4.78 is 0. The molecule has 2 heterocycles. The van der Waals surface area contributed by atoms with Crippen LogP contribution in [0.4, 0.5) is 11.8 Å². The molecule has 0 unspecified atom stereocenters. The summed E-state index contributed by atoms with van der Waals surface area (Å²) in [6, 6.07) is 2.01. The van der Waals surface area contributed by atoms with Crippen LogP contribution in [0.1, 0.15) is 18.2 Å². The van der Waals surface area contributed by atoms with Gasteiger partial charge in [-0.05, 0) is 19.4 Å². The smallest absolute Gasteiger partial charge is 0.236 e. The standard InChI is InChI=1S/C12H17N5OS/c1-3-4-14-12-16-10(15-6-9(13)18)8-5-7(2)19-11(8)17-12/h5H,3-4,6H2,1-2H3,(H2,13,18)(H2,14,15,16,17). The molecule has 0 radical (unpaired) electrons. The number of fused-ring (bicyclic) bond motifs is 1.